The number of imidazole rings is 1. The van der Waals surface area contributed by atoms with Crippen molar-refractivity contribution in [3.8, 4) is 0 Å². The molecule has 6 nitrogen and oxygen atoms in total. The summed E-state index contributed by atoms with van der Waals surface area (Å²) in [6, 6.07) is 0.348. The van der Waals surface area contributed by atoms with E-state index < -0.39 is 11.4 Å². The van der Waals surface area contributed by atoms with Crippen LogP contribution in [0.25, 0.3) is 5.65 Å². The van der Waals surface area contributed by atoms with E-state index in [0.29, 0.717) is 6.04 Å². The molecular weight excluding hydrogens is 378 g/mol. The molecule has 1 unspecified atom stereocenters. The van der Waals surface area contributed by atoms with Gasteiger partial charge in [0.05, 0.1) is 10.9 Å². The van der Waals surface area contributed by atoms with Gasteiger partial charge in [-0.1, -0.05) is 6.42 Å². The number of rotatable bonds is 3. The highest BCUT2D eigenvalue weighted by Gasteiger charge is 2.48. The van der Waals surface area contributed by atoms with E-state index in [1.54, 1.807) is 12.4 Å². The first-order chi connectivity index (χ1) is 12.8. The van der Waals surface area contributed by atoms with Gasteiger partial charge in [0.15, 0.2) is 5.65 Å². The van der Waals surface area contributed by atoms with Crippen molar-refractivity contribution < 1.29 is 4.55 Å². The second-order valence-corrected chi connectivity index (χ2v) is 11.3. The van der Waals surface area contributed by atoms with Crippen LogP contribution in [0, 0.1) is 5.41 Å². The predicted molar refractivity (Wildman–Crippen MR) is 113 cm³/mol. The Hall–Kier alpha value is -0.960. The Morgan fingerprint density at radius 2 is 2.00 bits per heavy atom. The molecule has 2 fully saturated rings. The lowest BCUT2D eigenvalue weighted by molar-refractivity contribution is 0.186. The summed E-state index contributed by atoms with van der Waals surface area (Å²) < 4.78 is 17.9. The number of thiol groups is 1. The third kappa shape index (κ3) is 3.57. The van der Waals surface area contributed by atoms with Crippen LogP contribution in [0.15, 0.2) is 23.5 Å². The topological polar surface area (TPSA) is 68.5 Å². The molecule has 0 radical (unpaired) electrons. The molecule has 2 atom stereocenters. The number of fused-ring (bicyclic) bond motifs is 1. The number of hydrogen-bond donors (Lipinski definition) is 2. The van der Waals surface area contributed by atoms with Gasteiger partial charge in [0.1, 0.15) is 4.75 Å². The van der Waals surface area contributed by atoms with E-state index in [4.69, 9.17) is 0 Å². The minimum Gasteiger partial charge on any atom is -0.598 e. The van der Waals surface area contributed by atoms with Gasteiger partial charge in [0.25, 0.3) is 0 Å². The van der Waals surface area contributed by atoms with E-state index in [1.165, 1.54) is 12.8 Å². The highest BCUT2D eigenvalue weighted by molar-refractivity contribution is 7.90. The molecule has 0 bridgehead atoms. The summed E-state index contributed by atoms with van der Waals surface area (Å²) in [7, 11) is 0. The molecule has 2 aromatic rings. The van der Waals surface area contributed by atoms with Crippen molar-refractivity contribution in [2.75, 3.05) is 18.0 Å². The van der Waals surface area contributed by atoms with Crippen molar-refractivity contribution in [1.82, 2.24) is 19.1 Å². The fourth-order valence-electron chi connectivity index (χ4n) is 4.51. The van der Waals surface area contributed by atoms with E-state index in [2.05, 4.69) is 32.2 Å². The molecule has 0 aromatic carbocycles. The Bertz CT molecular complexity index is 810. The van der Waals surface area contributed by atoms with Crippen LogP contribution in [0.1, 0.15) is 52.9 Å². The molecule has 1 saturated carbocycles. The van der Waals surface area contributed by atoms with Crippen LogP contribution in [0.2, 0.25) is 0 Å². The smallest absolute Gasteiger partial charge is 0.211 e. The quantitative estimate of drug-likeness (QED) is 0.604. The van der Waals surface area contributed by atoms with E-state index in [0.717, 1.165) is 48.8 Å². The van der Waals surface area contributed by atoms with Crippen molar-refractivity contribution in [1.29, 1.82) is 0 Å². The van der Waals surface area contributed by atoms with E-state index in [9.17, 15) is 4.55 Å². The van der Waals surface area contributed by atoms with Crippen LogP contribution >= 0.6 is 12.6 Å². The number of anilines is 1. The molecule has 148 valence electrons. The van der Waals surface area contributed by atoms with Crippen molar-refractivity contribution in [2.45, 2.75) is 68.6 Å². The second-order valence-electron chi connectivity index (χ2n) is 8.86. The molecule has 2 aliphatic rings. The first-order valence-corrected chi connectivity index (χ1v) is 11.3. The molecule has 2 aromatic heterocycles. The van der Waals surface area contributed by atoms with E-state index in [-0.39, 0.29) is 10.2 Å². The van der Waals surface area contributed by atoms with Gasteiger partial charge in [-0.3, -0.25) is 4.40 Å². The van der Waals surface area contributed by atoms with Crippen LogP contribution in [-0.4, -0.2) is 42.8 Å². The van der Waals surface area contributed by atoms with Gasteiger partial charge in [-0.05, 0) is 51.9 Å². The molecule has 0 amide bonds. The first kappa shape index (κ1) is 19.4. The van der Waals surface area contributed by atoms with E-state index >= 15 is 0 Å². The van der Waals surface area contributed by atoms with Gasteiger partial charge in [0, 0.05) is 43.0 Å². The lowest BCUT2D eigenvalue weighted by Gasteiger charge is -2.44. The third-order valence-electron chi connectivity index (χ3n) is 6.14. The standard InChI is InChI=1S/C19H29N5OS2/c1-18(2,3)27(25)22-15-5-4-6-19(15)7-10-23(11-8-19)17-21-13-14(26)16-20-9-12-24(16)17/h9,12-13,15,22,26H,4-8,10-11H2,1-3H3/t15-,27?/m1/s1. The number of aromatic nitrogens is 3. The summed E-state index contributed by atoms with van der Waals surface area (Å²) in [5.41, 5.74) is 1.11. The Kier molecular flexibility index (Phi) is 5.12. The second kappa shape index (κ2) is 7.13. The normalized spacial score (nSPS) is 24.0. The molecule has 4 rings (SSSR count). The number of piperidine rings is 1. The SMILES string of the molecule is CC(C)(C)[S+]([O-])N[C@@H]1CCCC12CCN(c1ncc(S)c3nccn13)CC2. The first-order valence-electron chi connectivity index (χ1n) is 9.74. The van der Waals surface area contributed by atoms with Gasteiger partial charge in [0.2, 0.25) is 5.95 Å². The molecule has 1 N–H and O–H groups in total. The van der Waals surface area contributed by atoms with Gasteiger partial charge in [-0.25, -0.2) is 9.97 Å². The monoisotopic (exact) mass is 407 g/mol. The van der Waals surface area contributed by atoms with Crippen LogP contribution in [0.4, 0.5) is 5.95 Å². The molecule has 3 heterocycles. The molecular formula is C19H29N5OS2. The van der Waals surface area contributed by atoms with Crippen molar-refractivity contribution in [2.24, 2.45) is 5.41 Å². The van der Waals surface area contributed by atoms with Crippen molar-refractivity contribution in [3.05, 3.63) is 18.6 Å². The zero-order valence-electron chi connectivity index (χ0n) is 16.3. The molecule has 27 heavy (non-hydrogen) atoms. The predicted octanol–water partition coefficient (Wildman–Crippen LogP) is 3.21. The molecule has 1 aliphatic heterocycles. The fourth-order valence-corrected chi connectivity index (χ4v) is 5.71. The Morgan fingerprint density at radius 1 is 1.26 bits per heavy atom. The lowest BCUT2D eigenvalue weighted by atomic mass is 9.74. The fraction of sp³-hybridized carbons (Fsp3) is 0.684. The summed E-state index contributed by atoms with van der Waals surface area (Å²) in [6.07, 6.45) is 11.3. The van der Waals surface area contributed by atoms with Gasteiger partial charge in [-0.15, -0.1) is 17.4 Å². The average molecular weight is 408 g/mol. The zero-order chi connectivity index (χ0) is 19.2. The maximum absolute atomic E-state index is 12.6. The zero-order valence-corrected chi connectivity index (χ0v) is 18.0. The van der Waals surface area contributed by atoms with Gasteiger partial charge >= 0.3 is 0 Å². The summed E-state index contributed by atoms with van der Waals surface area (Å²) in [5, 5.41) is 0. The highest BCUT2D eigenvalue weighted by atomic mass is 32.2. The minimum atomic E-state index is -1.01. The summed E-state index contributed by atoms with van der Waals surface area (Å²) in [6.45, 7) is 8.04. The van der Waals surface area contributed by atoms with Crippen LogP contribution < -0.4 is 9.62 Å². The summed E-state index contributed by atoms with van der Waals surface area (Å²) >= 11 is 3.45. The number of nitrogens with zero attached hydrogens (tertiary/aromatic N) is 4. The largest absolute Gasteiger partial charge is 0.598 e. The molecule has 1 aliphatic carbocycles. The maximum Gasteiger partial charge on any atom is 0.211 e. The minimum absolute atomic E-state index is 0.226. The molecule has 8 heteroatoms. The van der Waals surface area contributed by atoms with Crippen LogP contribution in [-0.2, 0) is 11.4 Å². The van der Waals surface area contributed by atoms with Gasteiger partial charge in [-0.2, -0.15) is 0 Å². The Balaban J connectivity index is 1.49. The van der Waals surface area contributed by atoms with Gasteiger partial charge < -0.3 is 9.45 Å². The Morgan fingerprint density at radius 3 is 2.70 bits per heavy atom. The third-order valence-corrected chi connectivity index (χ3v) is 8.07. The van der Waals surface area contributed by atoms with Crippen molar-refractivity contribution in [3.63, 3.8) is 0 Å². The average Bonchev–Trinajstić information content (AvgIpc) is 3.25. The molecule has 1 saturated heterocycles. The summed E-state index contributed by atoms with van der Waals surface area (Å²) in [4.78, 5) is 12.2. The lowest BCUT2D eigenvalue weighted by Crippen LogP contribution is -2.53. The number of nitrogens with one attached hydrogen (secondary N) is 1. The number of hydrogen-bond acceptors (Lipinski definition) is 6. The summed E-state index contributed by atoms with van der Waals surface area (Å²) in [5.74, 6) is 0.941. The maximum atomic E-state index is 12.6. The Labute approximate surface area is 169 Å². The van der Waals surface area contributed by atoms with Crippen LogP contribution in [0.5, 0.6) is 0 Å². The highest BCUT2D eigenvalue weighted by Crippen LogP contribution is 2.47. The van der Waals surface area contributed by atoms with Crippen molar-refractivity contribution >= 4 is 35.6 Å². The van der Waals surface area contributed by atoms with Crippen LogP contribution in [0.3, 0.4) is 0 Å². The molecule has 1 spiro atoms. The van der Waals surface area contributed by atoms with E-state index in [1.807, 2.05) is 31.4 Å².